The predicted molar refractivity (Wildman–Crippen MR) is 109 cm³/mol. The maximum Gasteiger partial charge on any atom is 0.139 e. The van der Waals surface area contributed by atoms with Crippen LogP contribution >= 0.6 is 0 Å². The lowest BCUT2D eigenvalue weighted by molar-refractivity contribution is -0.419. The van der Waals surface area contributed by atoms with Gasteiger partial charge in [0.25, 0.3) is 0 Å². The van der Waals surface area contributed by atoms with Gasteiger partial charge in [0.15, 0.2) is 0 Å². The highest BCUT2D eigenvalue weighted by molar-refractivity contribution is 6.76. The number of fused-ring (bicyclic) bond motifs is 1. The van der Waals surface area contributed by atoms with E-state index in [0.29, 0.717) is 5.92 Å². The summed E-state index contributed by atoms with van der Waals surface area (Å²) in [4.78, 5) is 12.3. The lowest BCUT2D eigenvalue weighted by Crippen LogP contribution is -2.44. The Hall–Kier alpha value is -1.68. The molecule has 0 bridgehead atoms. The third-order valence-corrected chi connectivity index (χ3v) is 7.23. The molecule has 0 aromatic heterocycles. The highest BCUT2D eigenvalue weighted by atomic mass is 28.3. The minimum atomic E-state index is -1.20. The van der Waals surface area contributed by atoms with Gasteiger partial charge >= 0.3 is 0 Å². The second-order valence-corrected chi connectivity index (χ2v) is 14.4. The van der Waals surface area contributed by atoms with Crippen LogP contribution in [0.1, 0.15) is 24.0 Å². The Labute approximate surface area is 157 Å². The molecule has 26 heavy (non-hydrogen) atoms. The van der Waals surface area contributed by atoms with Crippen LogP contribution in [0.2, 0.25) is 25.7 Å². The molecule has 1 aliphatic heterocycles. The molecular weight excluding hydrogens is 336 g/mol. The summed E-state index contributed by atoms with van der Waals surface area (Å²) in [7, 11) is -1.20. The van der Waals surface area contributed by atoms with Crippen LogP contribution in [0.3, 0.4) is 0 Å². The van der Waals surface area contributed by atoms with Gasteiger partial charge in [0.05, 0.1) is 6.10 Å². The summed E-state index contributed by atoms with van der Waals surface area (Å²) < 4.78 is 0. The van der Waals surface area contributed by atoms with Crippen molar-refractivity contribution >= 4 is 13.6 Å². The van der Waals surface area contributed by atoms with Crippen LogP contribution in [0.5, 0.6) is 0 Å². The second kappa shape index (κ2) is 6.80. The molecule has 2 aromatic carbocycles. The van der Waals surface area contributed by atoms with Gasteiger partial charge < -0.3 is 0 Å². The SMILES string of the molecule is C[Si](C)(C)C[C@@H]1C[C@@H]2C=C(c3ccccc3)C[C@]2(c2ccccc2)OO1. The predicted octanol–water partition coefficient (Wildman–Crippen LogP) is 6.04. The summed E-state index contributed by atoms with van der Waals surface area (Å²) in [6.07, 6.45) is 4.55. The van der Waals surface area contributed by atoms with Crippen molar-refractivity contribution in [2.45, 2.75) is 50.2 Å². The van der Waals surface area contributed by atoms with E-state index in [4.69, 9.17) is 9.78 Å². The largest absolute Gasteiger partial charge is 0.233 e. The van der Waals surface area contributed by atoms with Crippen LogP contribution in [-0.2, 0) is 15.4 Å². The van der Waals surface area contributed by atoms with E-state index in [-0.39, 0.29) is 11.7 Å². The lowest BCUT2D eigenvalue weighted by Gasteiger charge is -2.42. The van der Waals surface area contributed by atoms with Crippen LogP contribution in [0.15, 0.2) is 66.7 Å². The van der Waals surface area contributed by atoms with Crippen molar-refractivity contribution in [3.05, 3.63) is 77.9 Å². The Bertz CT molecular complexity index is 779. The molecule has 1 saturated heterocycles. The molecular formula is C23H28O2Si. The van der Waals surface area contributed by atoms with Crippen LogP contribution in [-0.4, -0.2) is 14.2 Å². The van der Waals surface area contributed by atoms with Crippen molar-refractivity contribution in [3.63, 3.8) is 0 Å². The van der Waals surface area contributed by atoms with E-state index in [0.717, 1.165) is 18.9 Å². The normalized spacial score (nSPS) is 28.5. The molecule has 4 rings (SSSR count). The van der Waals surface area contributed by atoms with Gasteiger partial charge in [0.1, 0.15) is 5.60 Å². The van der Waals surface area contributed by atoms with Crippen LogP contribution in [0, 0.1) is 5.92 Å². The van der Waals surface area contributed by atoms with Crippen molar-refractivity contribution in [1.29, 1.82) is 0 Å². The molecule has 2 aliphatic rings. The monoisotopic (exact) mass is 364 g/mol. The maximum absolute atomic E-state index is 6.26. The molecule has 2 aromatic rings. The first-order chi connectivity index (χ1) is 12.5. The Morgan fingerprint density at radius 2 is 1.62 bits per heavy atom. The highest BCUT2D eigenvalue weighted by Gasteiger charge is 2.51. The average molecular weight is 365 g/mol. The van der Waals surface area contributed by atoms with Gasteiger partial charge in [-0.15, -0.1) is 0 Å². The smallest absolute Gasteiger partial charge is 0.139 e. The fourth-order valence-corrected chi connectivity index (χ4v) is 6.01. The van der Waals surface area contributed by atoms with E-state index in [2.05, 4.69) is 86.4 Å². The van der Waals surface area contributed by atoms with Crippen molar-refractivity contribution in [2.24, 2.45) is 5.92 Å². The Morgan fingerprint density at radius 3 is 2.27 bits per heavy atom. The first-order valence-corrected chi connectivity index (χ1v) is 13.3. The van der Waals surface area contributed by atoms with Crippen LogP contribution in [0.4, 0.5) is 0 Å². The number of hydrogen-bond acceptors (Lipinski definition) is 2. The first-order valence-electron chi connectivity index (χ1n) is 9.62. The summed E-state index contributed by atoms with van der Waals surface area (Å²) in [5.74, 6) is 0.357. The van der Waals surface area contributed by atoms with E-state index in [1.54, 1.807) is 0 Å². The summed E-state index contributed by atoms with van der Waals surface area (Å²) in [6.45, 7) is 7.19. The molecule has 1 heterocycles. The second-order valence-electron chi connectivity index (χ2n) is 8.90. The van der Waals surface area contributed by atoms with Crippen molar-refractivity contribution in [3.8, 4) is 0 Å². The van der Waals surface area contributed by atoms with E-state index in [1.165, 1.54) is 16.7 Å². The topological polar surface area (TPSA) is 18.5 Å². The van der Waals surface area contributed by atoms with Crippen molar-refractivity contribution in [1.82, 2.24) is 0 Å². The molecule has 3 heteroatoms. The Kier molecular flexibility index (Phi) is 4.64. The van der Waals surface area contributed by atoms with Crippen LogP contribution in [0.25, 0.3) is 5.57 Å². The summed E-state index contributed by atoms with van der Waals surface area (Å²) in [5, 5.41) is 0. The third kappa shape index (κ3) is 3.44. The molecule has 136 valence electrons. The average Bonchev–Trinajstić information content (AvgIpc) is 3.02. The fourth-order valence-electron chi connectivity index (χ4n) is 4.41. The van der Waals surface area contributed by atoms with Gasteiger partial charge in [-0.2, -0.15) is 0 Å². The minimum Gasteiger partial charge on any atom is -0.233 e. The zero-order valence-electron chi connectivity index (χ0n) is 15.9. The molecule has 1 aliphatic carbocycles. The van der Waals surface area contributed by atoms with Gasteiger partial charge in [0.2, 0.25) is 0 Å². The van der Waals surface area contributed by atoms with E-state index in [9.17, 15) is 0 Å². The van der Waals surface area contributed by atoms with E-state index < -0.39 is 8.07 Å². The van der Waals surface area contributed by atoms with Gasteiger partial charge in [-0.3, -0.25) is 0 Å². The third-order valence-electron chi connectivity index (χ3n) is 5.55. The summed E-state index contributed by atoms with van der Waals surface area (Å²) >= 11 is 0. The summed E-state index contributed by atoms with van der Waals surface area (Å²) in [6, 6.07) is 22.4. The zero-order valence-corrected chi connectivity index (χ0v) is 16.9. The van der Waals surface area contributed by atoms with Gasteiger partial charge in [-0.25, -0.2) is 9.78 Å². The molecule has 0 radical (unpaired) electrons. The number of benzene rings is 2. The number of hydrogen-bond donors (Lipinski definition) is 0. The van der Waals surface area contributed by atoms with Crippen molar-refractivity contribution in [2.75, 3.05) is 0 Å². The molecule has 3 atom stereocenters. The molecule has 1 fully saturated rings. The Balaban J connectivity index is 1.67. The molecule has 0 amide bonds. The molecule has 0 saturated carbocycles. The van der Waals surface area contributed by atoms with E-state index >= 15 is 0 Å². The lowest BCUT2D eigenvalue weighted by atomic mass is 9.79. The highest BCUT2D eigenvalue weighted by Crippen LogP contribution is 2.53. The molecule has 0 N–H and O–H groups in total. The van der Waals surface area contributed by atoms with Gasteiger partial charge in [-0.05, 0) is 29.2 Å². The summed E-state index contributed by atoms with van der Waals surface area (Å²) in [5.41, 5.74) is 3.50. The zero-order chi connectivity index (χ0) is 18.2. The Morgan fingerprint density at radius 1 is 0.962 bits per heavy atom. The number of rotatable bonds is 4. The van der Waals surface area contributed by atoms with Gasteiger partial charge in [0, 0.05) is 20.4 Å². The molecule has 0 spiro atoms. The van der Waals surface area contributed by atoms with Crippen molar-refractivity contribution < 1.29 is 9.78 Å². The molecule has 0 unspecified atom stereocenters. The van der Waals surface area contributed by atoms with Gasteiger partial charge in [-0.1, -0.05) is 86.4 Å². The fraction of sp³-hybridized carbons (Fsp3) is 0.391. The standard InChI is InChI=1S/C23H28O2Si/c1-26(2,3)17-22-15-21-14-19(18-10-6-4-7-11-18)16-23(21,25-24-22)20-12-8-5-9-13-20/h4-14,21-22H,15-17H2,1-3H3/t21-,22-,23+/m0/s1. The first kappa shape index (κ1) is 17.7. The van der Waals surface area contributed by atoms with Crippen LogP contribution < -0.4 is 0 Å². The molecule has 2 nitrogen and oxygen atoms in total. The quantitative estimate of drug-likeness (QED) is 0.486. The maximum atomic E-state index is 6.26. The van der Waals surface area contributed by atoms with E-state index in [1.807, 2.05) is 0 Å². The minimum absolute atomic E-state index is 0.204.